The second-order valence-corrected chi connectivity index (χ2v) is 12.3. The summed E-state index contributed by atoms with van der Waals surface area (Å²) in [4.78, 5) is 40.1. The van der Waals surface area contributed by atoms with Crippen molar-refractivity contribution in [1.29, 1.82) is 0 Å². The van der Waals surface area contributed by atoms with Crippen LogP contribution in [0, 0.1) is 18.8 Å². The van der Waals surface area contributed by atoms with E-state index in [-0.39, 0.29) is 0 Å². The molecule has 1 fully saturated rings. The lowest BCUT2D eigenvalue weighted by Crippen LogP contribution is -2.57. The number of amides is 3. The highest BCUT2D eigenvalue weighted by Gasteiger charge is 2.73. The molecule has 4 aromatic rings. The third kappa shape index (κ3) is 3.61. The molecule has 0 aromatic heterocycles. The van der Waals surface area contributed by atoms with Crippen LogP contribution in [0.1, 0.15) is 34.7 Å². The first kappa shape index (κ1) is 26.7. The number of carbonyl (C=O) groups is 3. The lowest BCUT2D eigenvalue weighted by atomic mass is 9.54. The summed E-state index contributed by atoms with van der Waals surface area (Å²) in [6, 6.07) is 28.4. The number of nitrogens with zero attached hydrogens (tertiary/aromatic N) is 1. The van der Waals surface area contributed by atoms with Crippen LogP contribution in [-0.2, 0) is 24.1 Å². The fraction of sp³-hybridized carbons (Fsp3) is 0.206. The molecule has 3 atom stereocenters. The van der Waals surface area contributed by atoms with E-state index in [9.17, 15) is 14.4 Å². The Kier molecular flexibility index (Phi) is 6.02. The summed E-state index contributed by atoms with van der Waals surface area (Å²) in [5.74, 6) is -2.10. The van der Waals surface area contributed by atoms with Gasteiger partial charge in [0.05, 0.1) is 11.8 Å². The minimum Gasteiger partial charge on any atom is -0.457 e. The minimum atomic E-state index is -1.29. The molecule has 4 aliphatic rings. The second kappa shape index (κ2) is 9.45. The summed E-state index contributed by atoms with van der Waals surface area (Å²) in [6.07, 6.45) is 0. The third-order valence-electron chi connectivity index (χ3n) is 8.73. The van der Waals surface area contributed by atoms with Crippen molar-refractivity contribution in [2.24, 2.45) is 11.8 Å². The summed E-state index contributed by atoms with van der Waals surface area (Å²) in [5, 5.41) is 2.83. The van der Waals surface area contributed by atoms with E-state index in [1.165, 1.54) is 0 Å². The maximum absolute atomic E-state index is 14.1. The van der Waals surface area contributed by atoms with E-state index in [2.05, 4.69) is 5.32 Å². The second-order valence-electron chi connectivity index (χ2n) is 11.1. The molecule has 0 radical (unpaired) electrons. The van der Waals surface area contributed by atoms with Crippen LogP contribution in [0.5, 0.6) is 11.5 Å². The van der Waals surface area contributed by atoms with Gasteiger partial charge < -0.3 is 10.1 Å². The van der Waals surface area contributed by atoms with Gasteiger partial charge in [-0.2, -0.15) is 0 Å². The summed E-state index contributed by atoms with van der Waals surface area (Å²) in [5.41, 5.74) is 4.45. The Balaban J connectivity index is 1.17. The lowest BCUT2D eigenvalue weighted by molar-refractivity contribution is -0.146. The molecule has 1 aliphatic heterocycles. The molecule has 0 unspecified atom stereocenters. The Morgan fingerprint density at radius 3 is 1.74 bits per heavy atom. The van der Waals surface area contributed by atoms with E-state index in [4.69, 9.17) is 27.9 Å². The maximum Gasteiger partial charge on any atom is 0.247 e. The first-order valence-electron chi connectivity index (χ1n) is 13.8. The number of carbonyl (C=O) groups excluding carboxylic acids is 3. The molecule has 2 bridgehead atoms. The van der Waals surface area contributed by atoms with Crippen molar-refractivity contribution in [3.05, 3.63) is 125 Å². The Bertz CT molecular complexity index is 1670. The average Bonchev–Trinajstić information content (AvgIpc) is 3.27. The molecule has 3 amide bonds. The highest BCUT2D eigenvalue weighted by atomic mass is 35.5. The number of aryl methyl sites for hydroxylation is 1. The van der Waals surface area contributed by atoms with E-state index in [0.717, 1.165) is 32.7 Å². The number of rotatable bonds is 5. The van der Waals surface area contributed by atoms with Crippen LogP contribution >= 0.6 is 23.2 Å². The minimum absolute atomic E-state index is 0.501. The fourth-order valence-corrected chi connectivity index (χ4v) is 7.95. The Labute approximate surface area is 253 Å². The van der Waals surface area contributed by atoms with Gasteiger partial charge in [0, 0.05) is 5.69 Å². The number of hydrogen-bond donors (Lipinski definition) is 1. The van der Waals surface area contributed by atoms with Gasteiger partial charge >= 0.3 is 0 Å². The van der Waals surface area contributed by atoms with E-state index in [0.29, 0.717) is 17.2 Å². The summed E-state index contributed by atoms with van der Waals surface area (Å²) < 4.78 is 5.89. The first-order chi connectivity index (χ1) is 20.2. The van der Waals surface area contributed by atoms with Crippen LogP contribution in [0.3, 0.4) is 0 Å². The van der Waals surface area contributed by atoms with Crippen LogP contribution in [0.2, 0.25) is 0 Å². The smallest absolute Gasteiger partial charge is 0.247 e. The van der Waals surface area contributed by atoms with Gasteiger partial charge in [-0.15, -0.1) is 23.2 Å². The molecule has 1 heterocycles. The number of alkyl halides is 2. The molecule has 210 valence electrons. The van der Waals surface area contributed by atoms with Crippen LogP contribution in [0.25, 0.3) is 0 Å². The predicted molar refractivity (Wildman–Crippen MR) is 161 cm³/mol. The highest BCUT2D eigenvalue weighted by molar-refractivity contribution is 6.36. The molecular weight excluding hydrogens is 571 g/mol. The first-order valence-corrected chi connectivity index (χ1v) is 14.5. The summed E-state index contributed by atoms with van der Waals surface area (Å²) in [7, 11) is 0. The van der Waals surface area contributed by atoms with E-state index < -0.39 is 45.3 Å². The van der Waals surface area contributed by atoms with E-state index in [1.807, 2.05) is 79.7 Å². The largest absolute Gasteiger partial charge is 0.457 e. The number of ether oxygens (including phenoxy) is 1. The summed E-state index contributed by atoms with van der Waals surface area (Å²) in [6.45, 7) is 3.53. The topological polar surface area (TPSA) is 75.7 Å². The fourth-order valence-electron chi connectivity index (χ4n) is 6.86. The monoisotopic (exact) mass is 596 g/mol. The quantitative estimate of drug-likeness (QED) is 0.205. The molecule has 4 aromatic carbocycles. The highest BCUT2D eigenvalue weighted by Crippen LogP contribution is 2.69. The van der Waals surface area contributed by atoms with Gasteiger partial charge in [-0.1, -0.05) is 60.7 Å². The molecule has 0 saturated carbocycles. The van der Waals surface area contributed by atoms with Gasteiger partial charge in [-0.3, -0.25) is 19.3 Å². The van der Waals surface area contributed by atoms with Gasteiger partial charge in [0.1, 0.15) is 27.3 Å². The van der Waals surface area contributed by atoms with Crippen molar-refractivity contribution in [1.82, 2.24) is 4.90 Å². The molecule has 42 heavy (non-hydrogen) atoms. The standard InChI is InChI=1S/C34H26Cl2N2O4/c1-19-8-7-9-23(18-19)42-22-16-14-21(15-17-22)37-30(39)20(2)38-31(40)28-29(32(38)41)34(36)25-11-4-3-10-24(25)33(28,35)26-12-5-6-13-27(26)34/h3-18,20,28-29H,1-2H3,(H,37,39)/t20-,28-,29+,33?,34?/m1/s1. The van der Waals surface area contributed by atoms with Crippen LogP contribution in [0.4, 0.5) is 5.69 Å². The van der Waals surface area contributed by atoms with Gasteiger partial charge in [0.15, 0.2) is 0 Å². The van der Waals surface area contributed by atoms with Gasteiger partial charge in [-0.25, -0.2) is 0 Å². The maximum atomic E-state index is 14.1. The molecule has 8 rings (SSSR count). The average molecular weight is 597 g/mol. The SMILES string of the molecule is Cc1cccc(Oc2ccc(NC(=O)[C@@H](C)N3C(=O)[C@@H]4[C@H](C3=O)C3(Cl)c5ccccc5C4(Cl)c4ccccc43)cc2)c1. The van der Waals surface area contributed by atoms with Crippen molar-refractivity contribution < 1.29 is 19.1 Å². The zero-order valence-electron chi connectivity index (χ0n) is 22.8. The summed E-state index contributed by atoms with van der Waals surface area (Å²) >= 11 is 14.9. The van der Waals surface area contributed by atoms with E-state index >= 15 is 0 Å². The number of nitrogens with one attached hydrogen (secondary N) is 1. The molecule has 1 N–H and O–H groups in total. The Morgan fingerprint density at radius 2 is 1.26 bits per heavy atom. The van der Waals surface area contributed by atoms with Crippen molar-refractivity contribution in [2.45, 2.75) is 29.6 Å². The molecule has 1 saturated heterocycles. The third-order valence-corrected chi connectivity index (χ3v) is 10.0. The van der Waals surface area contributed by atoms with Crippen molar-refractivity contribution in [3.63, 3.8) is 0 Å². The number of imide groups is 1. The van der Waals surface area contributed by atoms with Crippen molar-refractivity contribution in [3.8, 4) is 11.5 Å². The molecule has 6 nitrogen and oxygen atoms in total. The zero-order chi connectivity index (χ0) is 29.4. The van der Waals surface area contributed by atoms with Crippen LogP contribution in [0.15, 0.2) is 97.1 Å². The van der Waals surface area contributed by atoms with Crippen LogP contribution < -0.4 is 10.1 Å². The normalized spacial score (nSPS) is 25.9. The Morgan fingerprint density at radius 1 is 0.762 bits per heavy atom. The zero-order valence-corrected chi connectivity index (χ0v) is 24.3. The van der Waals surface area contributed by atoms with Gasteiger partial charge in [-0.05, 0) is 78.1 Å². The molecular formula is C34H26Cl2N2O4. The molecule has 3 aliphatic carbocycles. The molecule has 0 spiro atoms. The van der Waals surface area contributed by atoms with Crippen molar-refractivity contribution >= 4 is 46.6 Å². The molecule has 8 heteroatoms. The number of halogens is 2. The Hall–Kier alpha value is -4.13. The lowest BCUT2D eigenvalue weighted by Gasteiger charge is -2.54. The van der Waals surface area contributed by atoms with Crippen molar-refractivity contribution in [2.75, 3.05) is 5.32 Å². The van der Waals surface area contributed by atoms with Crippen LogP contribution in [-0.4, -0.2) is 28.7 Å². The van der Waals surface area contributed by atoms with E-state index in [1.54, 1.807) is 31.2 Å². The van der Waals surface area contributed by atoms with Gasteiger partial charge in [0.25, 0.3) is 0 Å². The number of anilines is 1. The van der Waals surface area contributed by atoms with Gasteiger partial charge in [0.2, 0.25) is 17.7 Å². The number of benzene rings is 4. The number of hydrogen-bond acceptors (Lipinski definition) is 4. The predicted octanol–water partition coefficient (Wildman–Crippen LogP) is 6.71. The number of likely N-dealkylation sites (tertiary alicyclic amines) is 1.